The third kappa shape index (κ3) is 3.48. The van der Waals surface area contributed by atoms with Gasteiger partial charge in [0, 0.05) is 30.1 Å². The maximum Gasteiger partial charge on any atom is 0.222 e. The number of hydrogen-bond donors (Lipinski definition) is 1. The second-order valence-corrected chi connectivity index (χ2v) is 8.32. The number of rotatable bonds is 5. The lowest BCUT2D eigenvalue weighted by atomic mass is 10.1. The number of nitrogens with two attached hydrogens (primary N) is 1. The molecular formula is C15H18N2O3S2. The molecule has 0 spiro atoms. The molecule has 118 valence electrons. The molecule has 0 bridgehead atoms. The van der Waals surface area contributed by atoms with Crippen LogP contribution in [0.15, 0.2) is 29.6 Å². The summed E-state index contributed by atoms with van der Waals surface area (Å²) in [5.41, 5.74) is 1.24. The van der Waals surface area contributed by atoms with E-state index in [1.165, 1.54) is 15.6 Å². The smallest absolute Gasteiger partial charge is 0.222 e. The largest absolute Gasteiger partial charge is 0.342 e. The molecule has 5 nitrogen and oxygen atoms in total. The number of fused-ring (bicyclic) bond motifs is 1. The number of primary sulfonamides is 1. The lowest BCUT2D eigenvalue weighted by molar-refractivity contribution is -0.127. The summed E-state index contributed by atoms with van der Waals surface area (Å²) in [5, 5.41) is 8.43. The van der Waals surface area contributed by atoms with E-state index in [2.05, 4.69) is 17.5 Å². The van der Waals surface area contributed by atoms with Gasteiger partial charge in [0.25, 0.3) is 0 Å². The summed E-state index contributed by atoms with van der Waals surface area (Å²) < 4.78 is 23.5. The zero-order valence-corrected chi connectivity index (χ0v) is 13.7. The van der Waals surface area contributed by atoms with Gasteiger partial charge < -0.3 is 4.90 Å². The van der Waals surface area contributed by atoms with Gasteiger partial charge in [-0.05, 0) is 28.8 Å². The van der Waals surface area contributed by atoms with E-state index >= 15 is 0 Å². The summed E-state index contributed by atoms with van der Waals surface area (Å²) in [4.78, 5) is 13.7. The summed E-state index contributed by atoms with van der Waals surface area (Å²) in [6, 6.07) is 8.22. The first-order valence-corrected chi connectivity index (χ1v) is 9.75. The van der Waals surface area contributed by atoms with Gasteiger partial charge in [0.15, 0.2) is 0 Å². The maximum atomic E-state index is 12.0. The fourth-order valence-electron chi connectivity index (χ4n) is 2.99. The Morgan fingerprint density at radius 3 is 2.86 bits per heavy atom. The predicted octanol–water partition coefficient (Wildman–Crippen LogP) is 1.58. The van der Waals surface area contributed by atoms with Crippen molar-refractivity contribution in [3.8, 4) is 0 Å². The van der Waals surface area contributed by atoms with Gasteiger partial charge in [-0.15, -0.1) is 11.3 Å². The first-order chi connectivity index (χ1) is 10.4. The molecule has 0 saturated carbocycles. The van der Waals surface area contributed by atoms with Crippen molar-refractivity contribution < 1.29 is 13.2 Å². The zero-order valence-electron chi connectivity index (χ0n) is 12.1. The minimum Gasteiger partial charge on any atom is -0.342 e. The van der Waals surface area contributed by atoms with Gasteiger partial charge in [-0.2, -0.15) is 0 Å². The first kappa shape index (κ1) is 15.5. The Labute approximate surface area is 133 Å². The van der Waals surface area contributed by atoms with Crippen LogP contribution in [-0.2, 0) is 21.2 Å². The second-order valence-electron chi connectivity index (χ2n) is 5.75. The van der Waals surface area contributed by atoms with E-state index < -0.39 is 10.0 Å². The standard InChI is InChI=1S/C15H18N2O3S2/c16-22(19,20)10-11-7-15(18)17(8-11)6-5-12-9-21-14-4-2-1-3-13(12)14/h1-4,9,11H,5-8,10H2,(H2,16,19,20). The molecule has 2 heterocycles. The fraction of sp³-hybridized carbons (Fsp3) is 0.400. The molecule has 1 unspecified atom stereocenters. The van der Waals surface area contributed by atoms with E-state index in [1.807, 2.05) is 12.1 Å². The molecule has 1 fully saturated rings. The second kappa shape index (κ2) is 5.98. The van der Waals surface area contributed by atoms with E-state index in [1.54, 1.807) is 16.2 Å². The van der Waals surface area contributed by atoms with Crippen molar-refractivity contribution in [3.63, 3.8) is 0 Å². The Bertz CT molecular complexity index is 798. The van der Waals surface area contributed by atoms with E-state index in [4.69, 9.17) is 5.14 Å². The number of likely N-dealkylation sites (tertiary alicyclic amines) is 1. The summed E-state index contributed by atoms with van der Waals surface area (Å²) >= 11 is 1.71. The minimum absolute atomic E-state index is 0.0215. The quantitative estimate of drug-likeness (QED) is 0.899. The van der Waals surface area contributed by atoms with E-state index in [0.717, 1.165) is 6.42 Å². The molecular weight excluding hydrogens is 320 g/mol. The van der Waals surface area contributed by atoms with E-state index in [-0.39, 0.29) is 24.0 Å². The molecule has 1 saturated heterocycles. The van der Waals surface area contributed by atoms with Crippen molar-refractivity contribution in [2.75, 3.05) is 18.8 Å². The third-order valence-electron chi connectivity index (χ3n) is 3.97. The number of benzene rings is 1. The molecule has 0 aliphatic carbocycles. The molecule has 3 rings (SSSR count). The Balaban J connectivity index is 1.63. The van der Waals surface area contributed by atoms with Crippen LogP contribution in [0.1, 0.15) is 12.0 Å². The predicted molar refractivity (Wildman–Crippen MR) is 88.2 cm³/mol. The number of nitrogens with zero attached hydrogens (tertiary/aromatic N) is 1. The van der Waals surface area contributed by atoms with Crippen LogP contribution in [0.4, 0.5) is 0 Å². The van der Waals surface area contributed by atoms with Gasteiger partial charge >= 0.3 is 0 Å². The summed E-state index contributed by atoms with van der Waals surface area (Å²) in [7, 11) is -3.52. The topological polar surface area (TPSA) is 80.5 Å². The molecule has 1 aromatic carbocycles. The maximum absolute atomic E-state index is 12.0. The number of carbonyl (C=O) groups excluding carboxylic acids is 1. The molecule has 2 N–H and O–H groups in total. The van der Waals surface area contributed by atoms with Crippen LogP contribution in [0.3, 0.4) is 0 Å². The minimum atomic E-state index is -3.52. The van der Waals surface area contributed by atoms with Crippen molar-refractivity contribution in [2.24, 2.45) is 11.1 Å². The van der Waals surface area contributed by atoms with Crippen molar-refractivity contribution >= 4 is 37.4 Å². The van der Waals surface area contributed by atoms with Crippen molar-refractivity contribution in [3.05, 3.63) is 35.2 Å². The van der Waals surface area contributed by atoms with Gasteiger partial charge in [0.1, 0.15) is 0 Å². The van der Waals surface area contributed by atoms with Crippen molar-refractivity contribution in [1.82, 2.24) is 4.90 Å². The Morgan fingerprint density at radius 2 is 2.09 bits per heavy atom. The lowest BCUT2D eigenvalue weighted by Crippen LogP contribution is -2.29. The number of carbonyl (C=O) groups is 1. The zero-order chi connectivity index (χ0) is 15.7. The third-order valence-corrected chi connectivity index (χ3v) is 5.92. The SMILES string of the molecule is NS(=O)(=O)CC1CC(=O)N(CCc2csc3ccccc23)C1. The van der Waals surface area contributed by atoms with Crippen molar-refractivity contribution in [2.45, 2.75) is 12.8 Å². The number of sulfonamides is 1. The molecule has 2 aromatic rings. The number of hydrogen-bond acceptors (Lipinski definition) is 4. The molecule has 1 amide bonds. The van der Waals surface area contributed by atoms with Crippen LogP contribution in [0.25, 0.3) is 10.1 Å². The van der Waals surface area contributed by atoms with Crippen molar-refractivity contribution in [1.29, 1.82) is 0 Å². The van der Waals surface area contributed by atoms with Crippen LogP contribution in [0.5, 0.6) is 0 Å². The average molecular weight is 338 g/mol. The highest BCUT2D eigenvalue weighted by atomic mass is 32.2. The summed E-state index contributed by atoms with van der Waals surface area (Å²) in [6.45, 7) is 1.11. The van der Waals surface area contributed by atoms with Gasteiger partial charge in [0.05, 0.1) is 5.75 Å². The normalized spacial score (nSPS) is 19.2. The number of amides is 1. The molecule has 1 atom stereocenters. The van der Waals surface area contributed by atoms with E-state index in [0.29, 0.717) is 13.1 Å². The number of thiophene rings is 1. The monoisotopic (exact) mass is 338 g/mol. The van der Waals surface area contributed by atoms with Crippen LogP contribution in [0.2, 0.25) is 0 Å². The van der Waals surface area contributed by atoms with E-state index in [9.17, 15) is 13.2 Å². The fourth-order valence-corrected chi connectivity index (χ4v) is 4.87. The Hall–Kier alpha value is -1.44. The van der Waals surface area contributed by atoms with Crippen LogP contribution < -0.4 is 5.14 Å². The first-order valence-electron chi connectivity index (χ1n) is 7.16. The summed E-state index contributed by atoms with van der Waals surface area (Å²) in [5.74, 6) is -0.272. The molecule has 7 heteroatoms. The Kier molecular flexibility index (Phi) is 4.20. The van der Waals surface area contributed by atoms with Gasteiger partial charge in [-0.25, -0.2) is 13.6 Å². The highest BCUT2D eigenvalue weighted by Gasteiger charge is 2.31. The summed E-state index contributed by atoms with van der Waals surface area (Å²) in [6.07, 6.45) is 1.07. The highest BCUT2D eigenvalue weighted by molar-refractivity contribution is 7.89. The van der Waals surface area contributed by atoms with Crippen LogP contribution in [0, 0.1) is 5.92 Å². The van der Waals surface area contributed by atoms with Crippen LogP contribution >= 0.6 is 11.3 Å². The lowest BCUT2D eigenvalue weighted by Gasteiger charge is -2.16. The molecule has 0 radical (unpaired) electrons. The van der Waals surface area contributed by atoms with Gasteiger partial charge in [-0.1, -0.05) is 18.2 Å². The molecule has 1 aromatic heterocycles. The Morgan fingerprint density at radius 1 is 1.32 bits per heavy atom. The van der Waals surface area contributed by atoms with Crippen LogP contribution in [-0.4, -0.2) is 38.1 Å². The average Bonchev–Trinajstić information content (AvgIpc) is 2.98. The van der Waals surface area contributed by atoms with Gasteiger partial charge in [-0.3, -0.25) is 4.79 Å². The molecule has 1 aliphatic heterocycles. The van der Waals surface area contributed by atoms with Gasteiger partial charge in [0.2, 0.25) is 15.9 Å². The molecule has 1 aliphatic rings. The molecule has 22 heavy (non-hydrogen) atoms. The highest BCUT2D eigenvalue weighted by Crippen LogP contribution is 2.27.